The van der Waals surface area contributed by atoms with E-state index in [0.717, 1.165) is 15.9 Å². The minimum atomic E-state index is 0.379. The summed E-state index contributed by atoms with van der Waals surface area (Å²) in [5.41, 5.74) is 7.40. The highest BCUT2D eigenvalue weighted by Crippen LogP contribution is 2.23. The van der Waals surface area contributed by atoms with E-state index in [1.165, 1.54) is 0 Å². The first-order valence-corrected chi connectivity index (χ1v) is 6.06. The van der Waals surface area contributed by atoms with Crippen LogP contribution in [0.15, 0.2) is 51.7 Å². The maximum atomic E-state index is 5.52. The van der Waals surface area contributed by atoms with Gasteiger partial charge in [0, 0.05) is 11.6 Å². The number of nitrogens with two attached hydrogens (primary N) is 1. The number of anilines is 1. The van der Waals surface area contributed by atoms with Crippen molar-refractivity contribution < 1.29 is 4.52 Å². The quantitative estimate of drug-likeness (QED) is 0.790. The fraction of sp³-hybridized carbons (Fsp3) is 0. The van der Waals surface area contributed by atoms with Crippen molar-refractivity contribution in [1.82, 2.24) is 14.9 Å². The molecule has 3 aromatic rings. The van der Waals surface area contributed by atoms with Crippen LogP contribution in [0.4, 0.5) is 5.82 Å². The third kappa shape index (κ3) is 1.91. The van der Waals surface area contributed by atoms with E-state index in [0.29, 0.717) is 11.6 Å². The molecule has 2 N–H and O–H groups in total. The van der Waals surface area contributed by atoms with Crippen LogP contribution >= 0.6 is 15.9 Å². The molecule has 18 heavy (non-hydrogen) atoms. The minimum absolute atomic E-state index is 0.379. The molecule has 0 radical (unpaired) electrons. The van der Waals surface area contributed by atoms with Crippen molar-refractivity contribution in [2.45, 2.75) is 0 Å². The molecular formula is C12H9BrN4O. The van der Waals surface area contributed by atoms with Gasteiger partial charge in [-0.3, -0.25) is 0 Å². The number of rotatable bonds is 2. The molecule has 6 heteroatoms. The number of halogens is 1. The zero-order valence-corrected chi connectivity index (χ0v) is 10.8. The van der Waals surface area contributed by atoms with E-state index >= 15 is 0 Å². The summed E-state index contributed by atoms with van der Waals surface area (Å²) in [4.78, 5) is 0. The fourth-order valence-corrected chi connectivity index (χ4v) is 2.08. The van der Waals surface area contributed by atoms with Gasteiger partial charge in [-0.1, -0.05) is 5.16 Å². The van der Waals surface area contributed by atoms with Gasteiger partial charge >= 0.3 is 0 Å². The predicted molar refractivity (Wildman–Crippen MR) is 71.2 cm³/mol. The fourth-order valence-electron chi connectivity index (χ4n) is 1.67. The van der Waals surface area contributed by atoms with Crippen LogP contribution in [0.2, 0.25) is 0 Å². The van der Waals surface area contributed by atoms with E-state index < -0.39 is 0 Å². The maximum Gasteiger partial charge on any atom is 0.169 e. The highest BCUT2D eigenvalue weighted by molar-refractivity contribution is 9.10. The molecule has 0 fully saturated rings. The van der Waals surface area contributed by atoms with Crippen molar-refractivity contribution in [2.75, 3.05) is 5.73 Å². The summed E-state index contributed by atoms with van der Waals surface area (Å²) in [5.74, 6) is 1.03. The van der Waals surface area contributed by atoms with E-state index in [1.807, 2.05) is 30.3 Å². The molecule has 0 amide bonds. The molecule has 2 aromatic heterocycles. The SMILES string of the molecule is Nc1cc(-c2ccc(-n3nccc3Br)cc2)on1. The minimum Gasteiger partial charge on any atom is -0.381 e. The second kappa shape index (κ2) is 4.30. The lowest BCUT2D eigenvalue weighted by molar-refractivity contribution is 0.436. The van der Waals surface area contributed by atoms with Crippen molar-refractivity contribution in [2.24, 2.45) is 0 Å². The standard InChI is InChI=1S/C12H9BrN4O/c13-11-5-6-15-17(11)9-3-1-8(2-4-9)10-7-12(14)16-18-10/h1-7H,(H2,14,16). The molecular weight excluding hydrogens is 296 g/mol. The molecule has 0 aliphatic rings. The Balaban J connectivity index is 1.97. The smallest absolute Gasteiger partial charge is 0.169 e. The Morgan fingerprint density at radius 2 is 1.94 bits per heavy atom. The molecule has 2 heterocycles. The Bertz CT molecular complexity index is 671. The first-order chi connectivity index (χ1) is 8.74. The highest BCUT2D eigenvalue weighted by atomic mass is 79.9. The molecule has 0 saturated heterocycles. The summed E-state index contributed by atoms with van der Waals surface area (Å²) in [6, 6.07) is 11.3. The van der Waals surface area contributed by atoms with Gasteiger partial charge in [0.05, 0.1) is 11.9 Å². The van der Waals surface area contributed by atoms with Crippen molar-refractivity contribution in [1.29, 1.82) is 0 Å². The van der Waals surface area contributed by atoms with Gasteiger partial charge in [-0.25, -0.2) is 4.68 Å². The summed E-state index contributed by atoms with van der Waals surface area (Å²) in [6.07, 6.45) is 1.73. The molecule has 3 rings (SSSR count). The van der Waals surface area contributed by atoms with E-state index in [2.05, 4.69) is 26.2 Å². The second-order valence-electron chi connectivity index (χ2n) is 3.73. The molecule has 0 saturated carbocycles. The first-order valence-electron chi connectivity index (χ1n) is 5.26. The topological polar surface area (TPSA) is 69.9 Å². The van der Waals surface area contributed by atoms with Crippen LogP contribution in [0.3, 0.4) is 0 Å². The Kier molecular flexibility index (Phi) is 2.64. The second-order valence-corrected chi connectivity index (χ2v) is 4.54. The molecule has 0 unspecified atom stereocenters. The number of aromatic nitrogens is 3. The molecule has 0 spiro atoms. The normalized spacial score (nSPS) is 10.7. The third-order valence-corrected chi connectivity index (χ3v) is 3.12. The van der Waals surface area contributed by atoms with Gasteiger partial charge in [0.25, 0.3) is 0 Å². The van der Waals surface area contributed by atoms with Gasteiger partial charge in [-0.2, -0.15) is 5.10 Å². The van der Waals surface area contributed by atoms with Crippen molar-refractivity contribution in [3.63, 3.8) is 0 Å². The number of nitrogen functional groups attached to an aromatic ring is 1. The predicted octanol–water partition coefficient (Wildman–Crippen LogP) is 2.87. The molecule has 1 aromatic carbocycles. The summed E-state index contributed by atoms with van der Waals surface area (Å²) < 4.78 is 7.79. The molecule has 5 nitrogen and oxygen atoms in total. The molecule has 0 bridgehead atoms. The van der Waals surface area contributed by atoms with Gasteiger partial charge in [-0.15, -0.1) is 0 Å². The monoisotopic (exact) mass is 304 g/mol. The average molecular weight is 305 g/mol. The third-order valence-electron chi connectivity index (χ3n) is 2.52. The lowest BCUT2D eigenvalue weighted by atomic mass is 10.1. The summed E-state index contributed by atoms with van der Waals surface area (Å²) in [6.45, 7) is 0. The van der Waals surface area contributed by atoms with Crippen molar-refractivity contribution >= 4 is 21.7 Å². The van der Waals surface area contributed by atoms with Crippen LogP contribution in [0.5, 0.6) is 0 Å². The highest BCUT2D eigenvalue weighted by Gasteiger charge is 2.06. The average Bonchev–Trinajstić information content (AvgIpc) is 2.98. The van der Waals surface area contributed by atoms with Crippen molar-refractivity contribution in [3.8, 4) is 17.0 Å². The Hall–Kier alpha value is -2.08. The summed E-state index contributed by atoms with van der Waals surface area (Å²) in [7, 11) is 0. The molecule has 0 aliphatic heterocycles. The lowest BCUT2D eigenvalue weighted by Crippen LogP contribution is -1.95. The maximum absolute atomic E-state index is 5.52. The van der Waals surface area contributed by atoms with Crippen LogP contribution < -0.4 is 5.73 Å². The number of nitrogens with zero attached hydrogens (tertiary/aromatic N) is 3. The largest absolute Gasteiger partial charge is 0.381 e. The van der Waals surface area contributed by atoms with E-state index in [1.54, 1.807) is 16.9 Å². The van der Waals surface area contributed by atoms with Crippen molar-refractivity contribution in [3.05, 3.63) is 47.2 Å². The Morgan fingerprint density at radius 1 is 1.17 bits per heavy atom. The summed E-state index contributed by atoms with van der Waals surface area (Å²) >= 11 is 3.43. The molecule has 0 aliphatic carbocycles. The molecule has 0 atom stereocenters. The zero-order valence-electron chi connectivity index (χ0n) is 9.25. The number of hydrogen-bond acceptors (Lipinski definition) is 4. The number of hydrogen-bond donors (Lipinski definition) is 1. The zero-order chi connectivity index (χ0) is 12.5. The Morgan fingerprint density at radius 3 is 2.50 bits per heavy atom. The van der Waals surface area contributed by atoms with Gasteiger partial charge in [0.1, 0.15) is 4.60 Å². The van der Waals surface area contributed by atoms with Crippen LogP contribution in [-0.4, -0.2) is 14.9 Å². The van der Waals surface area contributed by atoms with Crippen LogP contribution in [-0.2, 0) is 0 Å². The van der Waals surface area contributed by atoms with Gasteiger partial charge in [0.2, 0.25) is 0 Å². The van der Waals surface area contributed by atoms with Gasteiger partial charge in [0.15, 0.2) is 11.6 Å². The van der Waals surface area contributed by atoms with Gasteiger partial charge < -0.3 is 10.3 Å². The lowest BCUT2D eigenvalue weighted by Gasteiger charge is -2.03. The first kappa shape index (κ1) is 11.0. The number of benzene rings is 1. The summed E-state index contributed by atoms with van der Waals surface area (Å²) in [5, 5.41) is 7.86. The van der Waals surface area contributed by atoms with Gasteiger partial charge in [-0.05, 0) is 46.3 Å². The Labute approximate surface area is 111 Å². The van der Waals surface area contributed by atoms with E-state index in [-0.39, 0.29) is 0 Å². The molecule has 90 valence electrons. The van der Waals surface area contributed by atoms with Crippen LogP contribution in [0.25, 0.3) is 17.0 Å². The van der Waals surface area contributed by atoms with E-state index in [9.17, 15) is 0 Å². The van der Waals surface area contributed by atoms with Crippen LogP contribution in [0, 0.1) is 0 Å². The van der Waals surface area contributed by atoms with Crippen LogP contribution in [0.1, 0.15) is 0 Å². The van der Waals surface area contributed by atoms with E-state index in [4.69, 9.17) is 10.3 Å².